The Morgan fingerprint density at radius 1 is 1.50 bits per heavy atom. The molecule has 0 aromatic carbocycles. The van der Waals surface area contributed by atoms with Crippen molar-refractivity contribution in [2.24, 2.45) is 11.3 Å². The SMILES string of the molecule is CC(=O)C1C(C)(O)C=C(C)CC1(C)C. The monoisotopic (exact) mass is 196 g/mol. The first-order chi connectivity index (χ1) is 6.17. The van der Waals surface area contributed by atoms with Gasteiger partial charge in [-0.3, -0.25) is 4.79 Å². The summed E-state index contributed by atoms with van der Waals surface area (Å²) in [4.78, 5) is 11.5. The molecule has 0 spiro atoms. The highest BCUT2D eigenvalue weighted by Crippen LogP contribution is 2.45. The third-order valence-corrected chi connectivity index (χ3v) is 3.05. The van der Waals surface area contributed by atoms with E-state index in [9.17, 15) is 9.90 Å². The number of hydrogen-bond donors (Lipinski definition) is 1. The normalized spacial score (nSPS) is 36.4. The lowest BCUT2D eigenvalue weighted by Gasteiger charge is -2.44. The van der Waals surface area contributed by atoms with Crippen LogP contribution in [0.1, 0.15) is 41.0 Å². The van der Waals surface area contributed by atoms with Crippen LogP contribution in [0.5, 0.6) is 0 Å². The molecule has 1 aliphatic rings. The zero-order chi connectivity index (χ0) is 11.1. The van der Waals surface area contributed by atoms with E-state index in [0.717, 1.165) is 12.0 Å². The van der Waals surface area contributed by atoms with Gasteiger partial charge in [-0.05, 0) is 32.6 Å². The van der Waals surface area contributed by atoms with Gasteiger partial charge in [0.15, 0.2) is 0 Å². The summed E-state index contributed by atoms with van der Waals surface area (Å²) in [5.74, 6) is -0.220. The van der Waals surface area contributed by atoms with Gasteiger partial charge in [-0.15, -0.1) is 0 Å². The predicted octanol–water partition coefficient (Wildman–Crippen LogP) is 2.32. The maximum atomic E-state index is 11.5. The van der Waals surface area contributed by atoms with E-state index in [1.54, 1.807) is 13.8 Å². The van der Waals surface area contributed by atoms with Crippen molar-refractivity contribution in [3.63, 3.8) is 0 Å². The maximum Gasteiger partial charge on any atom is 0.136 e. The van der Waals surface area contributed by atoms with Gasteiger partial charge < -0.3 is 5.11 Å². The van der Waals surface area contributed by atoms with E-state index in [0.29, 0.717) is 0 Å². The van der Waals surface area contributed by atoms with Crippen molar-refractivity contribution < 1.29 is 9.90 Å². The maximum absolute atomic E-state index is 11.5. The third-order valence-electron chi connectivity index (χ3n) is 3.05. The lowest BCUT2D eigenvalue weighted by molar-refractivity contribution is -0.134. The summed E-state index contributed by atoms with van der Waals surface area (Å²) in [5, 5.41) is 10.2. The molecule has 1 aliphatic carbocycles. The number of aliphatic hydroxyl groups is 1. The predicted molar refractivity (Wildman–Crippen MR) is 56.9 cm³/mol. The average Bonchev–Trinajstić information content (AvgIpc) is 1.75. The Morgan fingerprint density at radius 2 is 2.00 bits per heavy atom. The third kappa shape index (κ3) is 1.90. The van der Waals surface area contributed by atoms with E-state index in [1.807, 2.05) is 26.8 Å². The Labute approximate surface area is 86.0 Å². The molecule has 0 aromatic rings. The van der Waals surface area contributed by atoms with Crippen LogP contribution in [0.25, 0.3) is 0 Å². The second kappa shape index (κ2) is 3.20. The Bertz CT molecular complexity index is 285. The second-order valence-corrected chi connectivity index (χ2v) is 5.43. The molecule has 2 heteroatoms. The lowest BCUT2D eigenvalue weighted by atomic mass is 9.62. The molecule has 0 amide bonds. The van der Waals surface area contributed by atoms with Crippen molar-refractivity contribution >= 4 is 5.78 Å². The fourth-order valence-electron chi connectivity index (χ4n) is 3.21. The fraction of sp³-hybridized carbons (Fsp3) is 0.750. The first kappa shape index (κ1) is 11.4. The van der Waals surface area contributed by atoms with Crippen LogP contribution in [-0.2, 0) is 4.79 Å². The number of carbonyl (C=O) groups excluding carboxylic acids is 1. The molecule has 0 aliphatic heterocycles. The molecule has 1 N–H and O–H groups in total. The summed E-state index contributed by atoms with van der Waals surface area (Å²) >= 11 is 0. The average molecular weight is 196 g/mol. The van der Waals surface area contributed by atoms with Crippen LogP contribution in [0.4, 0.5) is 0 Å². The highest BCUT2D eigenvalue weighted by Gasteiger charge is 2.47. The van der Waals surface area contributed by atoms with Crippen molar-refractivity contribution in [3.05, 3.63) is 11.6 Å². The molecule has 14 heavy (non-hydrogen) atoms. The first-order valence-corrected chi connectivity index (χ1v) is 5.08. The number of ketones is 1. The van der Waals surface area contributed by atoms with Gasteiger partial charge in [-0.1, -0.05) is 25.5 Å². The Hall–Kier alpha value is -0.630. The van der Waals surface area contributed by atoms with Crippen LogP contribution in [0, 0.1) is 11.3 Å². The van der Waals surface area contributed by atoms with Crippen LogP contribution >= 0.6 is 0 Å². The molecule has 0 saturated heterocycles. The number of carbonyl (C=O) groups is 1. The summed E-state index contributed by atoms with van der Waals surface area (Å²) in [7, 11) is 0. The Balaban J connectivity index is 3.18. The quantitative estimate of drug-likeness (QED) is 0.653. The van der Waals surface area contributed by atoms with Gasteiger partial charge in [0.25, 0.3) is 0 Å². The summed E-state index contributed by atoms with van der Waals surface area (Å²) in [5.41, 5.74) is 0.0313. The fourth-order valence-corrected chi connectivity index (χ4v) is 3.21. The summed E-state index contributed by atoms with van der Waals surface area (Å²) < 4.78 is 0. The zero-order valence-electron chi connectivity index (χ0n) is 9.72. The van der Waals surface area contributed by atoms with E-state index in [1.165, 1.54) is 0 Å². The van der Waals surface area contributed by atoms with Crippen LogP contribution in [0.3, 0.4) is 0 Å². The molecule has 80 valence electrons. The summed E-state index contributed by atoms with van der Waals surface area (Å²) in [6, 6.07) is 0. The van der Waals surface area contributed by atoms with Crippen LogP contribution in [-0.4, -0.2) is 16.5 Å². The molecule has 0 radical (unpaired) electrons. The van der Waals surface area contributed by atoms with Crippen molar-refractivity contribution in [2.45, 2.75) is 46.6 Å². The number of rotatable bonds is 1. The molecule has 0 heterocycles. The van der Waals surface area contributed by atoms with Crippen LogP contribution in [0.2, 0.25) is 0 Å². The number of hydrogen-bond acceptors (Lipinski definition) is 2. The van der Waals surface area contributed by atoms with Gasteiger partial charge in [-0.2, -0.15) is 0 Å². The van der Waals surface area contributed by atoms with Crippen molar-refractivity contribution in [1.29, 1.82) is 0 Å². The van der Waals surface area contributed by atoms with E-state index < -0.39 is 5.60 Å². The topological polar surface area (TPSA) is 37.3 Å². The van der Waals surface area contributed by atoms with Crippen LogP contribution < -0.4 is 0 Å². The second-order valence-electron chi connectivity index (χ2n) is 5.43. The highest BCUT2D eigenvalue weighted by atomic mass is 16.3. The molecule has 0 aromatic heterocycles. The summed E-state index contributed by atoms with van der Waals surface area (Å²) in [6.07, 6.45) is 2.71. The van der Waals surface area contributed by atoms with Crippen molar-refractivity contribution in [1.82, 2.24) is 0 Å². The molecule has 0 saturated carbocycles. The zero-order valence-corrected chi connectivity index (χ0v) is 9.72. The van der Waals surface area contributed by atoms with Crippen LogP contribution in [0.15, 0.2) is 11.6 Å². The smallest absolute Gasteiger partial charge is 0.136 e. The van der Waals surface area contributed by atoms with Crippen molar-refractivity contribution in [3.8, 4) is 0 Å². The molecule has 1 rings (SSSR count). The molecular formula is C12H20O2. The first-order valence-electron chi connectivity index (χ1n) is 5.08. The Kier molecular flexibility index (Phi) is 2.61. The van der Waals surface area contributed by atoms with Gasteiger partial charge in [0.05, 0.1) is 11.5 Å². The highest BCUT2D eigenvalue weighted by molar-refractivity contribution is 5.81. The molecule has 0 bridgehead atoms. The minimum absolute atomic E-state index is 0.0729. The number of allylic oxidation sites excluding steroid dienone is 1. The van der Waals surface area contributed by atoms with E-state index in [2.05, 4.69) is 0 Å². The minimum Gasteiger partial charge on any atom is -0.385 e. The molecule has 2 unspecified atom stereocenters. The van der Waals surface area contributed by atoms with Gasteiger partial charge >= 0.3 is 0 Å². The molecular weight excluding hydrogens is 176 g/mol. The van der Waals surface area contributed by atoms with Gasteiger partial charge in [0, 0.05) is 0 Å². The van der Waals surface area contributed by atoms with Gasteiger partial charge in [0.1, 0.15) is 5.78 Å². The van der Waals surface area contributed by atoms with E-state index in [-0.39, 0.29) is 17.1 Å². The van der Waals surface area contributed by atoms with Gasteiger partial charge in [-0.25, -0.2) is 0 Å². The van der Waals surface area contributed by atoms with Crippen molar-refractivity contribution in [2.75, 3.05) is 0 Å². The molecule has 2 nitrogen and oxygen atoms in total. The van der Waals surface area contributed by atoms with E-state index in [4.69, 9.17) is 0 Å². The number of Topliss-reactive ketones (excluding diaryl/α,β-unsaturated/α-hetero) is 1. The largest absolute Gasteiger partial charge is 0.385 e. The summed E-state index contributed by atoms with van der Waals surface area (Å²) in [6.45, 7) is 9.39. The minimum atomic E-state index is -0.988. The molecule has 2 atom stereocenters. The Morgan fingerprint density at radius 3 is 2.36 bits per heavy atom. The standard InChI is InChI=1S/C12H20O2/c1-8-6-11(3,4)10(9(2)13)12(5,14)7-8/h7,10,14H,6H2,1-5H3. The molecule has 0 fully saturated rings. The lowest BCUT2D eigenvalue weighted by Crippen LogP contribution is -2.48. The van der Waals surface area contributed by atoms with E-state index >= 15 is 0 Å². The van der Waals surface area contributed by atoms with Gasteiger partial charge in [0.2, 0.25) is 0 Å².